The highest BCUT2D eigenvalue weighted by atomic mass is 16.1. The van der Waals surface area contributed by atoms with Gasteiger partial charge in [-0.15, -0.1) is 0 Å². The molecule has 0 aliphatic carbocycles. The second-order valence-corrected chi connectivity index (χ2v) is 1.95. The largest absolute Gasteiger partial charge is 0.324 e. The maximum atomic E-state index is 10.7. The van der Waals surface area contributed by atoms with Gasteiger partial charge in [-0.05, 0) is 13.5 Å². The number of rotatable bonds is 4. The fraction of sp³-hybridized carbons (Fsp3) is 0.833. The lowest BCUT2D eigenvalue weighted by Gasteiger charge is -2.07. The SMILES string of the molecule is CCN[C@@H](C)C(=O)CN. The van der Waals surface area contributed by atoms with Gasteiger partial charge in [0, 0.05) is 0 Å². The number of nitrogens with two attached hydrogens (primary N) is 1. The summed E-state index contributed by atoms with van der Waals surface area (Å²) in [6, 6.07) is -0.0833. The third-order valence-electron chi connectivity index (χ3n) is 1.19. The molecule has 0 saturated heterocycles. The molecule has 1 atom stereocenters. The Hall–Kier alpha value is -0.410. The van der Waals surface area contributed by atoms with Crippen LogP contribution in [0.1, 0.15) is 13.8 Å². The maximum absolute atomic E-state index is 10.7. The summed E-state index contributed by atoms with van der Waals surface area (Å²) in [4.78, 5) is 10.7. The summed E-state index contributed by atoms with van der Waals surface area (Å²) in [5, 5.41) is 2.97. The molecule has 0 aromatic heterocycles. The van der Waals surface area contributed by atoms with Gasteiger partial charge in [-0.25, -0.2) is 0 Å². The summed E-state index contributed by atoms with van der Waals surface area (Å²) in [5.74, 6) is 0.0665. The maximum Gasteiger partial charge on any atom is 0.162 e. The number of hydrogen-bond acceptors (Lipinski definition) is 3. The zero-order chi connectivity index (χ0) is 7.28. The van der Waals surface area contributed by atoms with Crippen LogP contribution in [-0.2, 0) is 4.79 Å². The van der Waals surface area contributed by atoms with Crippen molar-refractivity contribution in [2.24, 2.45) is 5.73 Å². The molecule has 0 aromatic rings. The Morgan fingerprint density at radius 3 is 2.67 bits per heavy atom. The fourth-order valence-electron chi connectivity index (χ4n) is 0.597. The molecule has 0 aliphatic rings. The van der Waals surface area contributed by atoms with Gasteiger partial charge < -0.3 is 11.1 Å². The normalized spacial score (nSPS) is 13.2. The van der Waals surface area contributed by atoms with E-state index in [2.05, 4.69) is 5.32 Å². The van der Waals surface area contributed by atoms with E-state index in [1.165, 1.54) is 0 Å². The highest BCUT2D eigenvalue weighted by molar-refractivity contribution is 5.85. The molecule has 3 N–H and O–H groups in total. The molecule has 0 amide bonds. The quantitative estimate of drug-likeness (QED) is 0.540. The molecule has 0 saturated carbocycles. The number of hydrogen-bond donors (Lipinski definition) is 2. The van der Waals surface area contributed by atoms with Gasteiger partial charge in [0.25, 0.3) is 0 Å². The molecule has 3 nitrogen and oxygen atoms in total. The van der Waals surface area contributed by atoms with E-state index < -0.39 is 0 Å². The Labute approximate surface area is 55.6 Å². The summed E-state index contributed by atoms with van der Waals surface area (Å²) in [6.45, 7) is 4.72. The number of carbonyl (C=O) groups excluding carboxylic acids is 1. The molecule has 0 spiro atoms. The molecular formula is C6H14N2O. The van der Waals surface area contributed by atoms with Crippen LogP contribution in [-0.4, -0.2) is 24.9 Å². The van der Waals surface area contributed by atoms with Crippen molar-refractivity contribution in [3.8, 4) is 0 Å². The van der Waals surface area contributed by atoms with Crippen LogP contribution in [0.2, 0.25) is 0 Å². The summed E-state index contributed by atoms with van der Waals surface area (Å²) < 4.78 is 0. The molecule has 0 fully saturated rings. The molecular weight excluding hydrogens is 116 g/mol. The number of nitrogens with one attached hydrogen (secondary N) is 1. The van der Waals surface area contributed by atoms with Gasteiger partial charge in [0.1, 0.15) is 0 Å². The lowest BCUT2D eigenvalue weighted by Crippen LogP contribution is -2.37. The Balaban J connectivity index is 3.45. The Morgan fingerprint density at radius 2 is 2.33 bits per heavy atom. The predicted octanol–water partition coefficient (Wildman–Crippen LogP) is -0.488. The third-order valence-corrected chi connectivity index (χ3v) is 1.19. The Bertz CT molecular complexity index is 93.1. The van der Waals surface area contributed by atoms with Gasteiger partial charge in [-0.1, -0.05) is 6.92 Å². The van der Waals surface area contributed by atoms with Crippen molar-refractivity contribution in [2.75, 3.05) is 13.1 Å². The zero-order valence-corrected chi connectivity index (χ0v) is 5.98. The van der Waals surface area contributed by atoms with Crippen molar-refractivity contribution in [3.63, 3.8) is 0 Å². The van der Waals surface area contributed by atoms with E-state index in [1.807, 2.05) is 13.8 Å². The number of Topliss-reactive ketones (excluding diaryl/α,β-unsaturated/α-hetero) is 1. The zero-order valence-electron chi connectivity index (χ0n) is 5.98. The molecule has 3 heteroatoms. The number of carbonyl (C=O) groups is 1. The van der Waals surface area contributed by atoms with Crippen molar-refractivity contribution >= 4 is 5.78 Å². The first-order chi connectivity index (χ1) is 4.22. The highest BCUT2D eigenvalue weighted by Gasteiger charge is 2.06. The summed E-state index contributed by atoms with van der Waals surface area (Å²) in [7, 11) is 0. The minimum atomic E-state index is -0.0833. The van der Waals surface area contributed by atoms with Crippen LogP contribution in [0.3, 0.4) is 0 Å². The number of ketones is 1. The van der Waals surface area contributed by atoms with Crippen LogP contribution in [0.15, 0.2) is 0 Å². The first-order valence-corrected chi connectivity index (χ1v) is 3.18. The second-order valence-electron chi connectivity index (χ2n) is 1.95. The van der Waals surface area contributed by atoms with E-state index >= 15 is 0 Å². The van der Waals surface area contributed by atoms with E-state index in [0.29, 0.717) is 0 Å². The molecule has 0 rings (SSSR count). The summed E-state index contributed by atoms with van der Waals surface area (Å²) >= 11 is 0. The third kappa shape index (κ3) is 3.21. The average molecular weight is 130 g/mol. The van der Waals surface area contributed by atoms with Crippen molar-refractivity contribution in [2.45, 2.75) is 19.9 Å². The Morgan fingerprint density at radius 1 is 1.78 bits per heavy atom. The second kappa shape index (κ2) is 4.47. The molecule has 0 heterocycles. The van der Waals surface area contributed by atoms with Crippen LogP contribution in [0.4, 0.5) is 0 Å². The minimum absolute atomic E-state index is 0.0665. The van der Waals surface area contributed by atoms with Gasteiger partial charge in [-0.2, -0.15) is 0 Å². The molecule has 0 aliphatic heterocycles. The molecule has 0 bridgehead atoms. The van der Waals surface area contributed by atoms with E-state index in [9.17, 15) is 4.79 Å². The van der Waals surface area contributed by atoms with Gasteiger partial charge in [0.05, 0.1) is 12.6 Å². The van der Waals surface area contributed by atoms with Crippen molar-refractivity contribution in [1.82, 2.24) is 5.32 Å². The molecule has 0 aromatic carbocycles. The first kappa shape index (κ1) is 8.59. The first-order valence-electron chi connectivity index (χ1n) is 3.18. The monoisotopic (exact) mass is 130 g/mol. The Kier molecular flexibility index (Phi) is 4.26. The van der Waals surface area contributed by atoms with Crippen LogP contribution in [0.5, 0.6) is 0 Å². The minimum Gasteiger partial charge on any atom is -0.324 e. The van der Waals surface area contributed by atoms with Crippen LogP contribution in [0.25, 0.3) is 0 Å². The van der Waals surface area contributed by atoms with Gasteiger partial charge >= 0.3 is 0 Å². The van der Waals surface area contributed by atoms with E-state index in [4.69, 9.17) is 5.73 Å². The summed E-state index contributed by atoms with van der Waals surface area (Å²) in [5.41, 5.74) is 5.11. The molecule has 0 unspecified atom stereocenters. The molecule has 0 radical (unpaired) electrons. The van der Waals surface area contributed by atoms with E-state index in [-0.39, 0.29) is 18.4 Å². The van der Waals surface area contributed by atoms with Crippen LogP contribution >= 0.6 is 0 Å². The summed E-state index contributed by atoms with van der Waals surface area (Å²) in [6.07, 6.45) is 0. The van der Waals surface area contributed by atoms with E-state index in [0.717, 1.165) is 6.54 Å². The van der Waals surface area contributed by atoms with E-state index in [1.54, 1.807) is 0 Å². The standard InChI is InChI=1S/C6H14N2O/c1-3-8-5(2)6(9)4-7/h5,8H,3-4,7H2,1-2H3/t5-/m0/s1. The lowest BCUT2D eigenvalue weighted by molar-refractivity contribution is -0.119. The molecule has 9 heavy (non-hydrogen) atoms. The van der Waals surface area contributed by atoms with Crippen molar-refractivity contribution < 1.29 is 4.79 Å². The van der Waals surface area contributed by atoms with Crippen LogP contribution in [0, 0.1) is 0 Å². The fourth-order valence-corrected chi connectivity index (χ4v) is 0.597. The van der Waals surface area contributed by atoms with Crippen molar-refractivity contribution in [1.29, 1.82) is 0 Å². The highest BCUT2D eigenvalue weighted by Crippen LogP contribution is 1.80. The topological polar surface area (TPSA) is 55.1 Å². The molecule has 54 valence electrons. The lowest BCUT2D eigenvalue weighted by atomic mass is 10.2. The predicted molar refractivity (Wildman–Crippen MR) is 37.2 cm³/mol. The van der Waals surface area contributed by atoms with Gasteiger partial charge in [-0.3, -0.25) is 4.79 Å². The van der Waals surface area contributed by atoms with Crippen LogP contribution < -0.4 is 11.1 Å². The van der Waals surface area contributed by atoms with Gasteiger partial charge in [0.2, 0.25) is 0 Å². The van der Waals surface area contributed by atoms with Crippen molar-refractivity contribution in [3.05, 3.63) is 0 Å². The van der Waals surface area contributed by atoms with Gasteiger partial charge in [0.15, 0.2) is 5.78 Å². The number of likely N-dealkylation sites (N-methyl/N-ethyl adjacent to an activating group) is 1. The smallest absolute Gasteiger partial charge is 0.162 e. The average Bonchev–Trinajstić information content (AvgIpc) is 1.87.